The molecule has 1 aromatic carbocycles. The van der Waals surface area contributed by atoms with Crippen molar-refractivity contribution in [1.29, 1.82) is 0 Å². The van der Waals surface area contributed by atoms with Gasteiger partial charge in [0.25, 0.3) is 0 Å². The standard InChI is InChI=1S/C17H14F2N2OS2/c1-8-9(2)23-16-14(8)17(21-7-20-16)24-10(3)15(22)11-4-5-12(18)13(19)6-11/h4-7,10H,1-3H3/t10-/m1/s1. The lowest BCUT2D eigenvalue weighted by atomic mass is 10.1. The van der Waals surface area contributed by atoms with Crippen molar-refractivity contribution in [2.45, 2.75) is 31.0 Å². The molecule has 2 heterocycles. The summed E-state index contributed by atoms with van der Waals surface area (Å²) in [6.07, 6.45) is 1.48. The van der Waals surface area contributed by atoms with Crippen LogP contribution in [-0.2, 0) is 0 Å². The van der Waals surface area contributed by atoms with Gasteiger partial charge in [-0.1, -0.05) is 11.8 Å². The van der Waals surface area contributed by atoms with E-state index in [2.05, 4.69) is 9.97 Å². The van der Waals surface area contributed by atoms with Crippen LogP contribution >= 0.6 is 23.1 Å². The van der Waals surface area contributed by atoms with Gasteiger partial charge in [0.15, 0.2) is 17.4 Å². The number of Topliss-reactive ketones (excluding diaryl/α,β-unsaturated/α-hetero) is 1. The van der Waals surface area contributed by atoms with E-state index < -0.39 is 16.9 Å². The van der Waals surface area contributed by atoms with Crippen molar-refractivity contribution in [3.05, 3.63) is 52.2 Å². The van der Waals surface area contributed by atoms with Crippen LogP contribution in [0.3, 0.4) is 0 Å². The Balaban J connectivity index is 1.90. The van der Waals surface area contributed by atoms with E-state index in [1.54, 1.807) is 18.3 Å². The molecule has 0 aliphatic rings. The van der Waals surface area contributed by atoms with Crippen LogP contribution in [0.15, 0.2) is 29.6 Å². The lowest BCUT2D eigenvalue weighted by Crippen LogP contribution is -2.14. The third-order valence-corrected chi connectivity index (χ3v) is 6.01. The first-order valence-electron chi connectivity index (χ1n) is 7.25. The molecule has 0 spiro atoms. The molecule has 0 aliphatic heterocycles. The molecule has 0 radical (unpaired) electrons. The van der Waals surface area contributed by atoms with Gasteiger partial charge in [-0.3, -0.25) is 4.79 Å². The van der Waals surface area contributed by atoms with Gasteiger partial charge < -0.3 is 0 Å². The number of carbonyl (C=O) groups excluding carboxylic acids is 1. The molecule has 3 aromatic rings. The summed E-state index contributed by atoms with van der Waals surface area (Å²) in [6.45, 7) is 5.76. The first kappa shape index (κ1) is 17.0. The van der Waals surface area contributed by atoms with E-state index in [1.165, 1.54) is 24.2 Å². The molecule has 24 heavy (non-hydrogen) atoms. The van der Waals surface area contributed by atoms with E-state index >= 15 is 0 Å². The average Bonchev–Trinajstić information content (AvgIpc) is 2.85. The highest BCUT2D eigenvalue weighted by atomic mass is 32.2. The van der Waals surface area contributed by atoms with Crippen LogP contribution in [0.2, 0.25) is 0 Å². The Bertz CT molecular complexity index is 940. The second-order valence-electron chi connectivity index (χ2n) is 5.40. The Hall–Kier alpha value is -1.86. The summed E-state index contributed by atoms with van der Waals surface area (Å²) in [5.41, 5.74) is 1.25. The van der Waals surface area contributed by atoms with E-state index in [4.69, 9.17) is 0 Å². The number of hydrogen-bond acceptors (Lipinski definition) is 5. The Morgan fingerprint density at radius 1 is 1.21 bits per heavy atom. The third kappa shape index (κ3) is 3.06. The molecular formula is C17H14F2N2OS2. The van der Waals surface area contributed by atoms with Crippen molar-refractivity contribution >= 4 is 39.1 Å². The topological polar surface area (TPSA) is 42.9 Å². The Labute approximate surface area is 146 Å². The minimum atomic E-state index is -1.02. The number of halogens is 2. The van der Waals surface area contributed by atoms with Crippen molar-refractivity contribution in [3.8, 4) is 0 Å². The molecule has 0 saturated carbocycles. The lowest BCUT2D eigenvalue weighted by molar-refractivity contribution is 0.0993. The number of carbonyl (C=O) groups is 1. The molecule has 7 heteroatoms. The van der Waals surface area contributed by atoms with Crippen molar-refractivity contribution in [3.63, 3.8) is 0 Å². The minimum absolute atomic E-state index is 0.150. The van der Waals surface area contributed by atoms with Crippen LogP contribution < -0.4 is 0 Å². The van der Waals surface area contributed by atoms with Crippen molar-refractivity contribution in [2.24, 2.45) is 0 Å². The van der Waals surface area contributed by atoms with Gasteiger partial charge in [0, 0.05) is 15.8 Å². The Kier molecular flexibility index (Phi) is 4.64. The highest BCUT2D eigenvalue weighted by Gasteiger charge is 2.21. The fourth-order valence-corrected chi connectivity index (χ4v) is 4.46. The van der Waals surface area contributed by atoms with Gasteiger partial charge in [0.1, 0.15) is 16.2 Å². The Morgan fingerprint density at radius 2 is 1.96 bits per heavy atom. The first-order valence-corrected chi connectivity index (χ1v) is 8.94. The number of ketones is 1. The van der Waals surface area contributed by atoms with E-state index in [0.717, 1.165) is 37.8 Å². The van der Waals surface area contributed by atoms with Crippen molar-refractivity contribution in [1.82, 2.24) is 9.97 Å². The molecule has 0 amide bonds. The molecule has 2 aromatic heterocycles. The maximum absolute atomic E-state index is 13.3. The summed E-state index contributed by atoms with van der Waals surface area (Å²) in [6, 6.07) is 3.20. The smallest absolute Gasteiger partial charge is 0.176 e. The van der Waals surface area contributed by atoms with Gasteiger partial charge in [-0.25, -0.2) is 18.7 Å². The van der Waals surface area contributed by atoms with Gasteiger partial charge >= 0.3 is 0 Å². The molecule has 3 rings (SSSR count). The number of nitrogens with zero attached hydrogens (tertiary/aromatic N) is 2. The van der Waals surface area contributed by atoms with Gasteiger partial charge in [-0.2, -0.15) is 0 Å². The highest BCUT2D eigenvalue weighted by molar-refractivity contribution is 8.00. The molecule has 0 N–H and O–H groups in total. The third-order valence-electron chi connectivity index (χ3n) is 3.79. The number of hydrogen-bond donors (Lipinski definition) is 0. The number of rotatable bonds is 4. The van der Waals surface area contributed by atoms with Gasteiger partial charge in [0.05, 0.1) is 5.25 Å². The fraction of sp³-hybridized carbons (Fsp3) is 0.235. The molecule has 0 bridgehead atoms. The maximum Gasteiger partial charge on any atom is 0.176 e. The Morgan fingerprint density at radius 3 is 2.67 bits per heavy atom. The molecule has 0 saturated heterocycles. The fourth-order valence-electron chi connectivity index (χ4n) is 2.34. The number of aryl methyl sites for hydroxylation is 2. The van der Waals surface area contributed by atoms with Crippen LogP contribution in [0, 0.1) is 25.5 Å². The zero-order valence-corrected chi connectivity index (χ0v) is 14.9. The molecule has 0 aliphatic carbocycles. The zero-order chi connectivity index (χ0) is 17.4. The first-order chi connectivity index (χ1) is 11.4. The van der Waals surface area contributed by atoms with E-state index in [9.17, 15) is 13.6 Å². The molecule has 0 fully saturated rings. The summed E-state index contributed by atoms with van der Waals surface area (Å²) >= 11 is 2.89. The molecule has 1 atom stereocenters. The second-order valence-corrected chi connectivity index (χ2v) is 7.93. The number of benzene rings is 1. The van der Waals surface area contributed by atoms with Crippen LogP contribution in [0.4, 0.5) is 8.78 Å². The van der Waals surface area contributed by atoms with Gasteiger partial charge in [-0.15, -0.1) is 11.3 Å². The number of thiophene rings is 1. The van der Waals surface area contributed by atoms with E-state index in [-0.39, 0.29) is 11.3 Å². The van der Waals surface area contributed by atoms with Crippen molar-refractivity contribution in [2.75, 3.05) is 0 Å². The molecular weight excluding hydrogens is 350 g/mol. The van der Waals surface area contributed by atoms with Crippen LogP contribution in [0.25, 0.3) is 10.2 Å². The van der Waals surface area contributed by atoms with E-state index in [1.807, 2.05) is 13.8 Å². The summed E-state index contributed by atoms with van der Waals surface area (Å²) in [4.78, 5) is 23.1. The molecule has 3 nitrogen and oxygen atoms in total. The molecule has 0 unspecified atom stereocenters. The van der Waals surface area contributed by atoms with Crippen LogP contribution in [0.5, 0.6) is 0 Å². The molecule has 124 valence electrons. The average molecular weight is 364 g/mol. The zero-order valence-electron chi connectivity index (χ0n) is 13.3. The van der Waals surface area contributed by atoms with Crippen molar-refractivity contribution < 1.29 is 13.6 Å². The summed E-state index contributed by atoms with van der Waals surface area (Å²) in [7, 11) is 0. The van der Waals surface area contributed by atoms with E-state index in [0.29, 0.717) is 0 Å². The quantitative estimate of drug-likeness (QED) is 0.373. The second kappa shape index (κ2) is 6.57. The lowest BCUT2D eigenvalue weighted by Gasteiger charge is -2.11. The number of fused-ring (bicyclic) bond motifs is 1. The summed E-state index contributed by atoms with van der Waals surface area (Å²) in [5.74, 6) is -2.25. The highest BCUT2D eigenvalue weighted by Crippen LogP contribution is 2.36. The SMILES string of the molecule is Cc1sc2ncnc(S[C@H](C)C(=O)c3ccc(F)c(F)c3)c2c1C. The minimum Gasteiger partial charge on any atom is -0.293 e. The van der Waals surface area contributed by atoms with Gasteiger partial charge in [0.2, 0.25) is 0 Å². The maximum atomic E-state index is 13.3. The predicted octanol–water partition coefficient (Wildman–Crippen LogP) is 4.95. The predicted molar refractivity (Wildman–Crippen MR) is 92.9 cm³/mol. The van der Waals surface area contributed by atoms with Gasteiger partial charge in [-0.05, 0) is 44.5 Å². The summed E-state index contributed by atoms with van der Waals surface area (Å²) in [5, 5.41) is 1.20. The van der Waals surface area contributed by atoms with Crippen LogP contribution in [0.1, 0.15) is 27.7 Å². The monoisotopic (exact) mass is 364 g/mol. The number of aromatic nitrogens is 2. The normalized spacial score (nSPS) is 12.5. The summed E-state index contributed by atoms with van der Waals surface area (Å²) < 4.78 is 26.4. The van der Waals surface area contributed by atoms with Crippen LogP contribution in [-0.4, -0.2) is 21.0 Å². The largest absolute Gasteiger partial charge is 0.293 e. The number of thioether (sulfide) groups is 1.